The summed E-state index contributed by atoms with van der Waals surface area (Å²) in [6.45, 7) is 5.37. The molecule has 3 aromatic rings. The molecule has 0 aliphatic carbocycles. The molecule has 2 aliphatic rings. The SMILES string of the molecule is c1ccc(-c2n[nH]c3c2CN(C2CCN(Cc4ccco4)CC2)CC3)cc1. The Labute approximate surface area is 160 Å². The summed E-state index contributed by atoms with van der Waals surface area (Å²) in [6.07, 6.45) is 5.30. The highest BCUT2D eigenvalue weighted by atomic mass is 16.3. The summed E-state index contributed by atoms with van der Waals surface area (Å²) < 4.78 is 5.50. The Morgan fingerprint density at radius 3 is 2.67 bits per heavy atom. The minimum atomic E-state index is 0.671. The number of fused-ring (bicyclic) bond motifs is 1. The number of hydrogen-bond donors (Lipinski definition) is 1. The van der Waals surface area contributed by atoms with Crippen LogP contribution in [0.4, 0.5) is 0 Å². The van der Waals surface area contributed by atoms with E-state index < -0.39 is 0 Å². The molecule has 1 saturated heterocycles. The quantitative estimate of drug-likeness (QED) is 0.769. The van der Waals surface area contributed by atoms with Crippen LogP contribution in [0.25, 0.3) is 11.3 Å². The van der Waals surface area contributed by atoms with Gasteiger partial charge in [-0.05, 0) is 25.0 Å². The van der Waals surface area contributed by atoms with Gasteiger partial charge in [-0.3, -0.25) is 14.9 Å². The number of rotatable bonds is 4. The predicted molar refractivity (Wildman–Crippen MR) is 105 cm³/mol. The van der Waals surface area contributed by atoms with Crippen LogP contribution in [0.5, 0.6) is 0 Å². The maximum Gasteiger partial charge on any atom is 0.117 e. The van der Waals surface area contributed by atoms with E-state index in [4.69, 9.17) is 4.42 Å². The van der Waals surface area contributed by atoms with E-state index in [1.54, 1.807) is 6.26 Å². The van der Waals surface area contributed by atoms with Gasteiger partial charge in [0.1, 0.15) is 5.76 Å². The lowest BCUT2D eigenvalue weighted by Crippen LogP contribution is -2.46. The van der Waals surface area contributed by atoms with Crippen LogP contribution in [-0.4, -0.2) is 45.7 Å². The molecule has 0 spiro atoms. The van der Waals surface area contributed by atoms with Gasteiger partial charge in [-0.2, -0.15) is 5.10 Å². The summed E-state index contributed by atoms with van der Waals surface area (Å²) >= 11 is 0. The average molecular weight is 362 g/mol. The first-order valence-electron chi connectivity index (χ1n) is 9.97. The van der Waals surface area contributed by atoms with Crippen molar-refractivity contribution in [1.82, 2.24) is 20.0 Å². The van der Waals surface area contributed by atoms with Crippen molar-refractivity contribution in [3.63, 3.8) is 0 Å². The number of nitrogens with one attached hydrogen (secondary N) is 1. The van der Waals surface area contributed by atoms with Crippen molar-refractivity contribution in [2.24, 2.45) is 0 Å². The Morgan fingerprint density at radius 1 is 1.04 bits per heavy atom. The fourth-order valence-electron chi connectivity index (χ4n) is 4.53. The highest BCUT2D eigenvalue weighted by Gasteiger charge is 2.30. The van der Waals surface area contributed by atoms with E-state index in [2.05, 4.69) is 56.4 Å². The van der Waals surface area contributed by atoms with Crippen molar-refractivity contribution in [2.45, 2.75) is 38.4 Å². The molecular weight excluding hydrogens is 336 g/mol. The lowest BCUT2D eigenvalue weighted by molar-refractivity contribution is 0.0914. The molecule has 0 amide bonds. The fraction of sp³-hybridized carbons (Fsp3) is 0.409. The maximum absolute atomic E-state index is 5.50. The van der Waals surface area contributed by atoms with Gasteiger partial charge < -0.3 is 4.42 Å². The molecule has 0 saturated carbocycles. The Bertz CT molecular complexity index is 863. The van der Waals surface area contributed by atoms with Gasteiger partial charge in [-0.1, -0.05) is 30.3 Å². The van der Waals surface area contributed by atoms with E-state index in [-0.39, 0.29) is 0 Å². The standard InChI is InChI=1S/C22H26N4O/c1-2-5-17(6-3-1)22-20-16-26(13-10-21(20)23-24-22)18-8-11-25(12-9-18)15-19-7-4-14-27-19/h1-7,14,18H,8-13,15-16H2,(H,23,24). The van der Waals surface area contributed by atoms with Crippen molar-refractivity contribution in [1.29, 1.82) is 0 Å². The van der Waals surface area contributed by atoms with Crippen molar-refractivity contribution >= 4 is 0 Å². The number of likely N-dealkylation sites (tertiary alicyclic amines) is 1. The van der Waals surface area contributed by atoms with Crippen LogP contribution >= 0.6 is 0 Å². The number of nitrogens with zero attached hydrogens (tertiary/aromatic N) is 3. The molecule has 1 N–H and O–H groups in total. The molecule has 5 nitrogen and oxygen atoms in total. The maximum atomic E-state index is 5.50. The van der Waals surface area contributed by atoms with Crippen LogP contribution < -0.4 is 0 Å². The average Bonchev–Trinajstić information content (AvgIpc) is 3.38. The Morgan fingerprint density at radius 2 is 1.89 bits per heavy atom. The number of hydrogen-bond acceptors (Lipinski definition) is 4. The molecule has 0 bridgehead atoms. The molecule has 0 atom stereocenters. The minimum Gasteiger partial charge on any atom is -0.468 e. The van der Waals surface area contributed by atoms with Gasteiger partial charge >= 0.3 is 0 Å². The first-order chi connectivity index (χ1) is 13.4. The number of aromatic amines is 1. The van der Waals surface area contributed by atoms with Gasteiger partial charge in [0, 0.05) is 55.5 Å². The molecule has 4 heterocycles. The highest BCUT2D eigenvalue weighted by molar-refractivity contribution is 5.64. The van der Waals surface area contributed by atoms with Crippen LogP contribution in [0.2, 0.25) is 0 Å². The lowest BCUT2D eigenvalue weighted by Gasteiger charge is -2.40. The van der Waals surface area contributed by atoms with Gasteiger partial charge in [-0.15, -0.1) is 0 Å². The number of aromatic nitrogens is 2. The summed E-state index contributed by atoms with van der Waals surface area (Å²) in [7, 11) is 0. The second-order valence-corrected chi connectivity index (χ2v) is 7.70. The van der Waals surface area contributed by atoms with Crippen molar-refractivity contribution < 1.29 is 4.42 Å². The molecule has 2 aliphatic heterocycles. The Hall–Kier alpha value is -2.37. The van der Waals surface area contributed by atoms with E-state index in [1.165, 1.54) is 29.7 Å². The van der Waals surface area contributed by atoms with E-state index in [9.17, 15) is 0 Å². The summed E-state index contributed by atoms with van der Waals surface area (Å²) in [6, 6.07) is 15.3. The molecule has 0 radical (unpaired) electrons. The Balaban J connectivity index is 1.25. The third kappa shape index (κ3) is 3.45. The van der Waals surface area contributed by atoms with E-state index >= 15 is 0 Å². The highest BCUT2D eigenvalue weighted by Crippen LogP contribution is 2.30. The molecule has 140 valence electrons. The normalized spacial score (nSPS) is 19.3. The molecule has 5 rings (SSSR count). The van der Waals surface area contributed by atoms with Crippen LogP contribution in [0.15, 0.2) is 53.1 Å². The monoisotopic (exact) mass is 362 g/mol. The summed E-state index contributed by atoms with van der Waals surface area (Å²) in [4.78, 5) is 5.19. The van der Waals surface area contributed by atoms with Gasteiger partial charge in [-0.25, -0.2) is 0 Å². The molecular formula is C22H26N4O. The molecule has 5 heteroatoms. The summed E-state index contributed by atoms with van der Waals surface area (Å²) in [5.74, 6) is 1.07. The largest absolute Gasteiger partial charge is 0.468 e. The zero-order valence-electron chi connectivity index (χ0n) is 15.6. The van der Waals surface area contributed by atoms with Gasteiger partial charge in [0.15, 0.2) is 0 Å². The van der Waals surface area contributed by atoms with E-state index in [0.717, 1.165) is 50.6 Å². The number of furan rings is 1. The zero-order chi connectivity index (χ0) is 18.1. The topological polar surface area (TPSA) is 48.3 Å². The van der Waals surface area contributed by atoms with Gasteiger partial charge in [0.2, 0.25) is 0 Å². The third-order valence-corrected chi connectivity index (χ3v) is 6.04. The van der Waals surface area contributed by atoms with Crippen LogP contribution in [0.1, 0.15) is 29.9 Å². The molecule has 2 aromatic heterocycles. The fourth-order valence-corrected chi connectivity index (χ4v) is 4.53. The Kier molecular flexibility index (Phi) is 4.56. The molecule has 27 heavy (non-hydrogen) atoms. The molecule has 0 unspecified atom stereocenters. The second kappa shape index (κ2) is 7.33. The van der Waals surface area contributed by atoms with E-state index in [0.29, 0.717) is 6.04 Å². The van der Waals surface area contributed by atoms with Crippen LogP contribution in [0.3, 0.4) is 0 Å². The molecule has 1 aromatic carbocycles. The number of H-pyrrole nitrogens is 1. The van der Waals surface area contributed by atoms with Gasteiger partial charge in [0.05, 0.1) is 18.5 Å². The number of benzene rings is 1. The second-order valence-electron chi connectivity index (χ2n) is 7.70. The van der Waals surface area contributed by atoms with Crippen molar-refractivity contribution in [2.75, 3.05) is 19.6 Å². The molecule has 1 fully saturated rings. The van der Waals surface area contributed by atoms with Crippen LogP contribution in [-0.2, 0) is 19.5 Å². The van der Waals surface area contributed by atoms with Crippen molar-refractivity contribution in [3.05, 3.63) is 65.7 Å². The first-order valence-corrected chi connectivity index (χ1v) is 9.97. The smallest absolute Gasteiger partial charge is 0.117 e. The van der Waals surface area contributed by atoms with Crippen LogP contribution in [0, 0.1) is 0 Å². The summed E-state index contributed by atoms with van der Waals surface area (Å²) in [5.41, 5.74) is 5.06. The minimum absolute atomic E-state index is 0.671. The zero-order valence-corrected chi connectivity index (χ0v) is 15.6. The van der Waals surface area contributed by atoms with E-state index in [1.807, 2.05) is 6.07 Å². The lowest BCUT2D eigenvalue weighted by atomic mass is 9.96. The predicted octanol–water partition coefficient (Wildman–Crippen LogP) is 3.69. The van der Waals surface area contributed by atoms with Gasteiger partial charge in [0.25, 0.3) is 0 Å². The number of piperidine rings is 1. The van der Waals surface area contributed by atoms with Crippen molar-refractivity contribution in [3.8, 4) is 11.3 Å². The first kappa shape index (κ1) is 16.8. The third-order valence-electron chi connectivity index (χ3n) is 6.04. The summed E-state index contributed by atoms with van der Waals surface area (Å²) in [5, 5.41) is 7.92.